The molecule has 2 heterocycles. The van der Waals surface area contributed by atoms with Gasteiger partial charge >= 0.3 is 0 Å². The molecule has 2 aromatic rings. The lowest BCUT2D eigenvalue weighted by Gasteiger charge is -2.34. The first-order chi connectivity index (χ1) is 11.5. The zero-order chi connectivity index (χ0) is 17.1. The summed E-state index contributed by atoms with van der Waals surface area (Å²) in [5, 5.41) is 8.08. The van der Waals surface area contributed by atoms with Gasteiger partial charge in [-0.05, 0) is 12.1 Å². The quantitative estimate of drug-likeness (QED) is 0.860. The summed E-state index contributed by atoms with van der Waals surface area (Å²) in [5.41, 5.74) is 0.129. The number of piperazine rings is 1. The highest BCUT2D eigenvalue weighted by Crippen LogP contribution is 2.15. The first-order valence-corrected chi connectivity index (χ1v) is 8.13. The van der Waals surface area contributed by atoms with E-state index >= 15 is 0 Å². The van der Waals surface area contributed by atoms with E-state index < -0.39 is 5.82 Å². The second-order valence-corrected chi connectivity index (χ2v) is 6.24. The summed E-state index contributed by atoms with van der Waals surface area (Å²) in [4.78, 5) is 16.2. The second kappa shape index (κ2) is 7.09. The Bertz CT molecular complexity index is 708. The van der Waals surface area contributed by atoms with Crippen LogP contribution >= 0.6 is 0 Å². The molecule has 0 spiro atoms. The minimum absolute atomic E-state index is 0.129. The lowest BCUT2D eigenvalue weighted by atomic mass is 10.1. The summed E-state index contributed by atoms with van der Waals surface area (Å²) in [5.74, 6) is 0.706. The Morgan fingerprint density at radius 2 is 1.92 bits per heavy atom. The number of nitrogens with zero attached hydrogens (tertiary/aromatic N) is 4. The second-order valence-electron chi connectivity index (χ2n) is 6.24. The molecular weight excluding hydrogens is 311 g/mol. The number of rotatable bonds is 4. The Balaban J connectivity index is 1.55. The summed E-state index contributed by atoms with van der Waals surface area (Å²) in [7, 11) is 0. The molecule has 0 N–H and O–H groups in total. The third-order valence-electron chi connectivity index (χ3n) is 4.10. The van der Waals surface area contributed by atoms with Crippen LogP contribution in [0.2, 0.25) is 0 Å². The van der Waals surface area contributed by atoms with Crippen molar-refractivity contribution in [2.75, 3.05) is 26.2 Å². The van der Waals surface area contributed by atoms with E-state index in [4.69, 9.17) is 4.42 Å². The van der Waals surface area contributed by atoms with Gasteiger partial charge < -0.3 is 9.32 Å². The number of hydrogen-bond donors (Lipinski definition) is 0. The van der Waals surface area contributed by atoms with E-state index in [2.05, 4.69) is 15.1 Å². The number of carbonyl (C=O) groups excluding carboxylic acids is 1. The lowest BCUT2D eigenvalue weighted by Crippen LogP contribution is -2.48. The maximum Gasteiger partial charge on any atom is 0.256 e. The minimum atomic E-state index is -0.475. The van der Waals surface area contributed by atoms with E-state index in [1.165, 1.54) is 12.1 Å². The monoisotopic (exact) mass is 332 g/mol. The van der Waals surface area contributed by atoms with Gasteiger partial charge in [0.05, 0.1) is 12.1 Å². The van der Waals surface area contributed by atoms with E-state index in [0.29, 0.717) is 44.5 Å². The Labute approximate surface area is 140 Å². The molecule has 6 nitrogen and oxygen atoms in total. The molecule has 0 bridgehead atoms. The highest BCUT2D eigenvalue weighted by atomic mass is 19.1. The van der Waals surface area contributed by atoms with Crippen molar-refractivity contribution in [2.24, 2.45) is 0 Å². The zero-order valence-corrected chi connectivity index (χ0v) is 13.9. The molecule has 24 heavy (non-hydrogen) atoms. The van der Waals surface area contributed by atoms with Gasteiger partial charge in [-0.25, -0.2) is 4.39 Å². The smallest absolute Gasteiger partial charge is 0.256 e. The van der Waals surface area contributed by atoms with Crippen molar-refractivity contribution >= 4 is 5.91 Å². The Morgan fingerprint density at radius 3 is 2.54 bits per heavy atom. The normalized spacial score (nSPS) is 15.9. The van der Waals surface area contributed by atoms with Gasteiger partial charge in [0.15, 0.2) is 0 Å². The van der Waals surface area contributed by atoms with Crippen LogP contribution in [0.5, 0.6) is 0 Å². The van der Waals surface area contributed by atoms with Gasteiger partial charge in [0.25, 0.3) is 5.91 Å². The van der Waals surface area contributed by atoms with Crippen LogP contribution in [0, 0.1) is 5.82 Å². The third kappa shape index (κ3) is 3.62. The summed E-state index contributed by atoms with van der Waals surface area (Å²) < 4.78 is 19.4. The molecule has 0 aliphatic carbocycles. The molecule has 1 fully saturated rings. The van der Waals surface area contributed by atoms with Gasteiger partial charge in [-0.15, -0.1) is 10.2 Å². The van der Waals surface area contributed by atoms with Crippen molar-refractivity contribution in [3.63, 3.8) is 0 Å². The standard InChI is InChI=1S/C17H21FN4O2/c1-12(2)16-20-19-15(24-16)11-21-7-9-22(10-8-21)17(23)13-5-3-4-6-14(13)18/h3-6,12H,7-11H2,1-2H3. The first-order valence-electron chi connectivity index (χ1n) is 8.13. The Morgan fingerprint density at radius 1 is 1.21 bits per heavy atom. The molecule has 7 heteroatoms. The topological polar surface area (TPSA) is 62.5 Å². The number of benzene rings is 1. The number of carbonyl (C=O) groups is 1. The average molecular weight is 332 g/mol. The highest BCUT2D eigenvalue weighted by Gasteiger charge is 2.24. The molecule has 1 aromatic heterocycles. The molecule has 1 amide bonds. The number of halogens is 1. The van der Waals surface area contributed by atoms with E-state index in [1.54, 1.807) is 17.0 Å². The number of amides is 1. The van der Waals surface area contributed by atoms with Crippen molar-refractivity contribution in [1.82, 2.24) is 20.0 Å². The third-order valence-corrected chi connectivity index (χ3v) is 4.10. The molecule has 1 saturated heterocycles. The van der Waals surface area contributed by atoms with Crippen LogP contribution < -0.4 is 0 Å². The van der Waals surface area contributed by atoms with Crippen LogP contribution in [0.3, 0.4) is 0 Å². The lowest BCUT2D eigenvalue weighted by molar-refractivity contribution is 0.0613. The van der Waals surface area contributed by atoms with Crippen LogP contribution in [0.4, 0.5) is 4.39 Å². The van der Waals surface area contributed by atoms with Gasteiger partial charge in [-0.3, -0.25) is 9.69 Å². The van der Waals surface area contributed by atoms with E-state index in [-0.39, 0.29) is 17.4 Å². The fourth-order valence-corrected chi connectivity index (χ4v) is 2.67. The van der Waals surface area contributed by atoms with Gasteiger partial charge in [0, 0.05) is 32.1 Å². The van der Waals surface area contributed by atoms with Crippen molar-refractivity contribution in [3.05, 3.63) is 47.4 Å². The molecule has 1 aromatic carbocycles. The Kier molecular flexibility index (Phi) is 4.89. The van der Waals surface area contributed by atoms with Crippen molar-refractivity contribution < 1.29 is 13.6 Å². The van der Waals surface area contributed by atoms with Gasteiger partial charge in [-0.2, -0.15) is 0 Å². The van der Waals surface area contributed by atoms with E-state index in [0.717, 1.165) is 0 Å². The Hall–Kier alpha value is -2.28. The maximum atomic E-state index is 13.7. The van der Waals surface area contributed by atoms with Crippen LogP contribution in [0.1, 0.15) is 41.9 Å². The highest BCUT2D eigenvalue weighted by molar-refractivity contribution is 5.94. The molecule has 0 radical (unpaired) electrons. The van der Waals surface area contributed by atoms with Crippen LogP contribution in [0.15, 0.2) is 28.7 Å². The fraction of sp³-hybridized carbons (Fsp3) is 0.471. The van der Waals surface area contributed by atoms with Gasteiger partial charge in [0.2, 0.25) is 11.8 Å². The predicted octanol–water partition coefficient (Wildman–Crippen LogP) is 2.29. The van der Waals surface area contributed by atoms with Crippen molar-refractivity contribution in [2.45, 2.75) is 26.3 Å². The van der Waals surface area contributed by atoms with Gasteiger partial charge in [-0.1, -0.05) is 26.0 Å². The first kappa shape index (κ1) is 16.6. The molecular formula is C17H21FN4O2. The molecule has 1 aliphatic heterocycles. The molecule has 3 rings (SSSR count). The van der Waals surface area contributed by atoms with Crippen molar-refractivity contribution in [1.29, 1.82) is 0 Å². The summed E-state index contributed by atoms with van der Waals surface area (Å²) in [6, 6.07) is 6.09. The molecule has 0 atom stereocenters. The number of aromatic nitrogens is 2. The fourth-order valence-electron chi connectivity index (χ4n) is 2.67. The van der Waals surface area contributed by atoms with E-state index in [9.17, 15) is 9.18 Å². The number of hydrogen-bond acceptors (Lipinski definition) is 5. The van der Waals surface area contributed by atoms with Crippen LogP contribution in [-0.4, -0.2) is 52.1 Å². The largest absolute Gasteiger partial charge is 0.424 e. The maximum absolute atomic E-state index is 13.7. The SMILES string of the molecule is CC(C)c1nnc(CN2CCN(C(=O)c3ccccc3F)CC2)o1. The molecule has 0 saturated carbocycles. The average Bonchev–Trinajstić information content (AvgIpc) is 3.04. The summed E-state index contributed by atoms with van der Waals surface area (Å²) in [6.45, 7) is 7.08. The zero-order valence-electron chi connectivity index (χ0n) is 13.9. The van der Waals surface area contributed by atoms with Gasteiger partial charge in [0.1, 0.15) is 5.82 Å². The molecule has 128 valence electrons. The van der Waals surface area contributed by atoms with Crippen LogP contribution in [0.25, 0.3) is 0 Å². The summed E-state index contributed by atoms with van der Waals surface area (Å²) >= 11 is 0. The predicted molar refractivity (Wildman–Crippen MR) is 86.0 cm³/mol. The minimum Gasteiger partial charge on any atom is -0.424 e. The summed E-state index contributed by atoms with van der Waals surface area (Å²) in [6.07, 6.45) is 0. The molecule has 0 unspecified atom stereocenters. The van der Waals surface area contributed by atoms with Crippen molar-refractivity contribution in [3.8, 4) is 0 Å². The van der Waals surface area contributed by atoms with Crippen LogP contribution in [-0.2, 0) is 6.54 Å². The molecule has 1 aliphatic rings. The van der Waals surface area contributed by atoms with E-state index in [1.807, 2.05) is 13.8 Å².